The van der Waals surface area contributed by atoms with Crippen LogP contribution in [0.1, 0.15) is 32.8 Å². The van der Waals surface area contributed by atoms with Gasteiger partial charge in [0.15, 0.2) is 11.5 Å². The summed E-state index contributed by atoms with van der Waals surface area (Å²) >= 11 is 6.08. The van der Waals surface area contributed by atoms with E-state index in [1.165, 1.54) is 85.8 Å². The average molecular weight is 634 g/mol. The van der Waals surface area contributed by atoms with E-state index in [1.807, 2.05) is 13.8 Å². The number of rotatable bonds is 14. The summed E-state index contributed by atoms with van der Waals surface area (Å²) in [5.41, 5.74) is 0.761. The molecule has 0 aromatic heterocycles. The van der Waals surface area contributed by atoms with Gasteiger partial charge in [0.2, 0.25) is 11.8 Å². The van der Waals surface area contributed by atoms with Gasteiger partial charge in [-0.15, -0.1) is 0 Å². The lowest BCUT2D eigenvalue weighted by atomic mass is 10.1. The molecule has 1 N–H and O–H groups in total. The highest BCUT2D eigenvalue weighted by atomic mass is 35.5. The van der Waals surface area contributed by atoms with E-state index in [-0.39, 0.29) is 41.1 Å². The van der Waals surface area contributed by atoms with E-state index in [1.54, 1.807) is 6.92 Å². The molecule has 12 heteroatoms. The summed E-state index contributed by atoms with van der Waals surface area (Å²) < 4.78 is 53.4. The van der Waals surface area contributed by atoms with E-state index in [4.69, 9.17) is 21.1 Å². The summed E-state index contributed by atoms with van der Waals surface area (Å²) in [6.07, 6.45) is 0.264. The fourth-order valence-corrected chi connectivity index (χ4v) is 5.92. The van der Waals surface area contributed by atoms with Gasteiger partial charge in [-0.3, -0.25) is 13.9 Å². The number of sulfonamides is 1. The largest absolute Gasteiger partial charge is 0.493 e. The van der Waals surface area contributed by atoms with Crippen LogP contribution in [0.25, 0.3) is 0 Å². The molecule has 3 rings (SSSR count). The third kappa shape index (κ3) is 8.61. The molecule has 0 fully saturated rings. The standard InChI is InChI=1S/C31H37ClFN3O6S/c1-6-27(31(38)34-18-21(2)3)35(19-22-7-11-24(33)12-8-22)30(37)20-36(25-13-9-23(32)10-14-25)43(39,40)26-15-16-28(41-4)29(17-26)42-5/h7-17,21,27H,6,18-20H2,1-5H3,(H,34,38)/t27-/m0/s1. The summed E-state index contributed by atoms with van der Waals surface area (Å²) in [5.74, 6) is -0.744. The minimum absolute atomic E-state index is 0.0441. The predicted molar refractivity (Wildman–Crippen MR) is 164 cm³/mol. The first-order chi connectivity index (χ1) is 20.4. The Kier molecular flexibility index (Phi) is 11.8. The fourth-order valence-electron chi connectivity index (χ4n) is 4.37. The number of nitrogens with zero attached hydrogens (tertiary/aromatic N) is 2. The Balaban J connectivity index is 2.08. The number of anilines is 1. The highest BCUT2D eigenvalue weighted by Crippen LogP contribution is 2.32. The normalized spacial score (nSPS) is 12.0. The van der Waals surface area contributed by atoms with Crippen molar-refractivity contribution in [1.82, 2.24) is 10.2 Å². The van der Waals surface area contributed by atoms with Crippen LogP contribution in [-0.2, 0) is 26.2 Å². The van der Waals surface area contributed by atoms with Crippen molar-refractivity contribution < 1.29 is 31.9 Å². The Morgan fingerprint density at radius 2 is 1.58 bits per heavy atom. The Bertz CT molecular complexity index is 1500. The van der Waals surface area contributed by atoms with E-state index in [2.05, 4.69) is 5.32 Å². The lowest BCUT2D eigenvalue weighted by Crippen LogP contribution is -2.52. The maximum Gasteiger partial charge on any atom is 0.264 e. The minimum atomic E-state index is -4.35. The van der Waals surface area contributed by atoms with Crippen molar-refractivity contribution >= 4 is 39.1 Å². The molecule has 0 bridgehead atoms. The summed E-state index contributed by atoms with van der Waals surface area (Å²) in [4.78, 5) is 28.6. The quantitative estimate of drug-likeness (QED) is 0.259. The molecule has 0 saturated carbocycles. The first-order valence-corrected chi connectivity index (χ1v) is 15.5. The number of hydrogen-bond acceptors (Lipinski definition) is 6. The van der Waals surface area contributed by atoms with Crippen molar-refractivity contribution in [3.8, 4) is 11.5 Å². The van der Waals surface area contributed by atoms with Gasteiger partial charge in [0, 0.05) is 24.2 Å². The summed E-state index contributed by atoms with van der Waals surface area (Å²) in [6.45, 7) is 5.39. The van der Waals surface area contributed by atoms with Gasteiger partial charge < -0.3 is 19.7 Å². The highest BCUT2D eigenvalue weighted by Gasteiger charge is 2.34. The SMILES string of the molecule is CC[C@@H](C(=O)NCC(C)C)N(Cc1ccc(F)cc1)C(=O)CN(c1ccc(Cl)cc1)S(=O)(=O)c1ccc(OC)c(OC)c1. The second-order valence-corrected chi connectivity index (χ2v) is 12.5. The van der Waals surface area contributed by atoms with Crippen LogP contribution in [0, 0.1) is 11.7 Å². The molecule has 0 spiro atoms. The molecule has 2 amide bonds. The monoisotopic (exact) mass is 633 g/mol. The van der Waals surface area contributed by atoms with Crippen LogP contribution >= 0.6 is 11.6 Å². The molecule has 232 valence electrons. The van der Waals surface area contributed by atoms with E-state index < -0.39 is 34.3 Å². The zero-order valence-electron chi connectivity index (χ0n) is 24.8. The molecule has 0 radical (unpaired) electrons. The van der Waals surface area contributed by atoms with Gasteiger partial charge in [0.1, 0.15) is 18.4 Å². The van der Waals surface area contributed by atoms with Crippen molar-refractivity contribution in [3.05, 3.63) is 83.1 Å². The average Bonchev–Trinajstić information content (AvgIpc) is 2.99. The summed E-state index contributed by atoms with van der Waals surface area (Å²) in [5, 5.41) is 3.25. The number of hydrogen-bond donors (Lipinski definition) is 1. The number of benzene rings is 3. The fraction of sp³-hybridized carbons (Fsp3) is 0.355. The first kappa shape index (κ1) is 33.7. The molecule has 0 unspecified atom stereocenters. The number of methoxy groups -OCH3 is 2. The number of carbonyl (C=O) groups is 2. The minimum Gasteiger partial charge on any atom is -0.493 e. The topological polar surface area (TPSA) is 105 Å². The Hall–Kier alpha value is -3.83. The van der Waals surface area contributed by atoms with E-state index >= 15 is 0 Å². The third-order valence-electron chi connectivity index (χ3n) is 6.67. The third-order valence-corrected chi connectivity index (χ3v) is 8.69. The molecule has 0 aliphatic rings. The first-order valence-electron chi connectivity index (χ1n) is 13.7. The maximum absolute atomic E-state index is 14.1. The van der Waals surface area contributed by atoms with Crippen LogP contribution < -0.4 is 19.1 Å². The van der Waals surface area contributed by atoms with E-state index in [0.717, 1.165) is 4.31 Å². The molecular formula is C31H37ClFN3O6S. The van der Waals surface area contributed by atoms with Gasteiger partial charge in [-0.25, -0.2) is 12.8 Å². The van der Waals surface area contributed by atoms with Gasteiger partial charge in [0.25, 0.3) is 10.0 Å². The second-order valence-electron chi connectivity index (χ2n) is 10.2. The molecule has 0 heterocycles. The molecule has 9 nitrogen and oxygen atoms in total. The van der Waals surface area contributed by atoms with E-state index in [9.17, 15) is 22.4 Å². The Labute approximate surface area is 257 Å². The van der Waals surface area contributed by atoms with Crippen molar-refractivity contribution in [3.63, 3.8) is 0 Å². The zero-order chi connectivity index (χ0) is 31.7. The molecule has 0 aliphatic carbocycles. The number of amides is 2. The number of halogens is 2. The lowest BCUT2D eigenvalue weighted by Gasteiger charge is -2.33. The van der Waals surface area contributed by atoms with Gasteiger partial charge in [0.05, 0.1) is 24.8 Å². The molecule has 0 saturated heterocycles. The second kappa shape index (κ2) is 15.1. The number of carbonyl (C=O) groups excluding carboxylic acids is 2. The molecule has 3 aromatic carbocycles. The van der Waals surface area contributed by atoms with E-state index in [0.29, 0.717) is 22.9 Å². The van der Waals surface area contributed by atoms with Crippen LogP contribution in [0.2, 0.25) is 5.02 Å². The van der Waals surface area contributed by atoms with Crippen molar-refractivity contribution in [2.24, 2.45) is 5.92 Å². The Morgan fingerprint density at radius 3 is 2.14 bits per heavy atom. The number of nitrogens with one attached hydrogen (secondary N) is 1. The molecular weight excluding hydrogens is 597 g/mol. The van der Waals surface area contributed by atoms with Gasteiger partial charge >= 0.3 is 0 Å². The van der Waals surface area contributed by atoms with Crippen LogP contribution in [0.4, 0.5) is 10.1 Å². The van der Waals surface area contributed by atoms with Crippen molar-refractivity contribution in [1.29, 1.82) is 0 Å². The Morgan fingerprint density at radius 1 is 0.953 bits per heavy atom. The van der Waals surface area contributed by atoms with Crippen LogP contribution in [0.5, 0.6) is 11.5 Å². The van der Waals surface area contributed by atoms with Crippen molar-refractivity contribution in [2.45, 2.75) is 44.7 Å². The molecule has 3 aromatic rings. The predicted octanol–water partition coefficient (Wildman–Crippen LogP) is 5.27. The van der Waals surface area contributed by atoms with Crippen LogP contribution in [-0.4, -0.2) is 58.5 Å². The summed E-state index contributed by atoms with van der Waals surface area (Å²) in [6, 6.07) is 14.8. The van der Waals surface area contributed by atoms with Gasteiger partial charge in [-0.1, -0.05) is 44.5 Å². The zero-order valence-corrected chi connectivity index (χ0v) is 26.4. The highest BCUT2D eigenvalue weighted by molar-refractivity contribution is 7.92. The van der Waals surface area contributed by atoms with Gasteiger partial charge in [-0.05, 0) is 66.4 Å². The maximum atomic E-state index is 14.1. The molecule has 43 heavy (non-hydrogen) atoms. The molecule has 0 aliphatic heterocycles. The number of ether oxygens (including phenoxy) is 2. The molecule has 1 atom stereocenters. The summed E-state index contributed by atoms with van der Waals surface area (Å²) in [7, 11) is -1.53. The van der Waals surface area contributed by atoms with Crippen molar-refractivity contribution in [2.75, 3.05) is 31.6 Å². The van der Waals surface area contributed by atoms with Gasteiger partial charge in [-0.2, -0.15) is 0 Å². The van der Waals surface area contributed by atoms with Crippen LogP contribution in [0.3, 0.4) is 0 Å². The lowest BCUT2D eigenvalue weighted by molar-refractivity contribution is -0.140. The van der Waals surface area contributed by atoms with Crippen LogP contribution in [0.15, 0.2) is 71.6 Å². The smallest absolute Gasteiger partial charge is 0.264 e.